The number of hydrogen-bond donors (Lipinski definition) is 1. The van der Waals surface area contributed by atoms with Crippen molar-refractivity contribution in [2.45, 2.75) is 57.9 Å². The fourth-order valence-corrected chi connectivity index (χ4v) is 4.77. The molecule has 124 valence electrons. The van der Waals surface area contributed by atoms with Crippen molar-refractivity contribution in [2.24, 2.45) is 11.7 Å². The van der Waals surface area contributed by atoms with E-state index in [1.165, 1.54) is 29.7 Å². The number of aryl methyl sites for hydroxylation is 2. The first-order valence-electron chi connectivity index (χ1n) is 8.31. The largest absolute Gasteiger partial charge is 0.338 e. The molecule has 0 radical (unpaired) electrons. The van der Waals surface area contributed by atoms with Crippen LogP contribution in [-0.2, 0) is 12.8 Å². The number of fused-ring (bicyclic) bond motifs is 1. The van der Waals surface area contributed by atoms with Gasteiger partial charge in [-0.05, 0) is 63.0 Å². The number of carbonyl (C=O) groups excluding carboxylic acids is 1. The molecule has 2 unspecified atom stereocenters. The van der Waals surface area contributed by atoms with Gasteiger partial charge in [0.15, 0.2) is 0 Å². The van der Waals surface area contributed by atoms with Crippen molar-refractivity contribution in [2.75, 3.05) is 13.1 Å². The highest BCUT2D eigenvalue weighted by Crippen LogP contribution is 2.30. The summed E-state index contributed by atoms with van der Waals surface area (Å²) in [5.41, 5.74) is 7.46. The van der Waals surface area contributed by atoms with Crippen molar-refractivity contribution in [3.05, 3.63) is 21.4 Å². The Hall–Kier alpha value is -0.580. The summed E-state index contributed by atoms with van der Waals surface area (Å²) in [6.45, 7) is 3.79. The van der Waals surface area contributed by atoms with E-state index < -0.39 is 0 Å². The smallest absolute Gasteiger partial charge is 0.263 e. The van der Waals surface area contributed by atoms with Gasteiger partial charge in [-0.1, -0.05) is 6.42 Å². The van der Waals surface area contributed by atoms with Gasteiger partial charge in [-0.3, -0.25) is 4.79 Å². The Kier molecular flexibility index (Phi) is 6.30. The average Bonchev–Trinajstić information content (AvgIpc) is 2.77. The second-order valence-electron chi connectivity index (χ2n) is 6.63. The van der Waals surface area contributed by atoms with E-state index in [2.05, 4.69) is 13.0 Å². The Labute approximate surface area is 143 Å². The van der Waals surface area contributed by atoms with E-state index in [0.29, 0.717) is 5.92 Å². The fraction of sp³-hybridized carbons (Fsp3) is 0.706. The third-order valence-corrected chi connectivity index (χ3v) is 6.17. The summed E-state index contributed by atoms with van der Waals surface area (Å²) in [5, 5.41) is 0. The van der Waals surface area contributed by atoms with Crippen LogP contribution in [0.15, 0.2) is 6.07 Å². The number of thiophene rings is 1. The lowest BCUT2D eigenvalue weighted by molar-refractivity contribution is 0.0666. The number of nitrogens with zero attached hydrogens (tertiary/aromatic N) is 1. The van der Waals surface area contributed by atoms with E-state index >= 15 is 0 Å². The Morgan fingerprint density at radius 2 is 2.09 bits per heavy atom. The quantitative estimate of drug-likeness (QED) is 0.834. The normalized spacial score (nSPS) is 23.2. The van der Waals surface area contributed by atoms with Gasteiger partial charge in [-0.2, -0.15) is 0 Å². The van der Waals surface area contributed by atoms with Gasteiger partial charge in [0.1, 0.15) is 0 Å². The van der Waals surface area contributed by atoms with Crippen LogP contribution < -0.4 is 5.73 Å². The molecule has 1 amide bonds. The van der Waals surface area contributed by atoms with Crippen molar-refractivity contribution in [1.82, 2.24) is 4.90 Å². The predicted octanol–water partition coefficient (Wildman–Crippen LogP) is 3.64. The highest BCUT2D eigenvalue weighted by Gasteiger charge is 2.28. The number of hydrogen-bond acceptors (Lipinski definition) is 3. The fourth-order valence-electron chi connectivity index (χ4n) is 3.55. The molecular weight excluding hydrogens is 316 g/mol. The molecule has 3 nitrogen and oxygen atoms in total. The number of halogens is 1. The van der Waals surface area contributed by atoms with Crippen LogP contribution in [0.3, 0.4) is 0 Å². The average molecular weight is 343 g/mol. The van der Waals surface area contributed by atoms with E-state index in [1.807, 2.05) is 4.90 Å². The van der Waals surface area contributed by atoms with Crippen LogP contribution in [0, 0.1) is 5.92 Å². The van der Waals surface area contributed by atoms with Gasteiger partial charge < -0.3 is 10.6 Å². The lowest BCUT2D eigenvalue weighted by Crippen LogP contribution is -2.44. The lowest BCUT2D eigenvalue weighted by atomic mass is 9.92. The summed E-state index contributed by atoms with van der Waals surface area (Å²) in [7, 11) is 0. The maximum absolute atomic E-state index is 12.8. The Bertz CT molecular complexity index is 491. The summed E-state index contributed by atoms with van der Waals surface area (Å²) in [6.07, 6.45) is 8.43. The van der Waals surface area contributed by atoms with E-state index in [1.54, 1.807) is 11.3 Å². The van der Waals surface area contributed by atoms with Crippen LogP contribution in [0.4, 0.5) is 0 Å². The summed E-state index contributed by atoms with van der Waals surface area (Å²) in [4.78, 5) is 17.2. The van der Waals surface area contributed by atoms with Gasteiger partial charge >= 0.3 is 0 Å². The highest BCUT2D eigenvalue weighted by molar-refractivity contribution is 7.14. The topological polar surface area (TPSA) is 46.3 Å². The number of nitrogens with two attached hydrogens (primary N) is 1. The standard InChI is InChI=1S/C17H26N2OS.ClH/c1-12(18)14-7-5-9-19(11-14)17(20)16-10-13-6-3-2-4-8-15(13)21-16;/h10,12,14H,2-9,11,18H2,1H3;1H. The van der Waals surface area contributed by atoms with Crippen LogP contribution in [0.25, 0.3) is 0 Å². The van der Waals surface area contributed by atoms with Crippen LogP contribution in [0.1, 0.15) is 59.1 Å². The minimum Gasteiger partial charge on any atom is -0.338 e. The SMILES string of the molecule is CC(N)C1CCCN(C(=O)c2cc3c(s2)CCCCC3)C1.Cl. The maximum atomic E-state index is 12.8. The van der Waals surface area contributed by atoms with E-state index in [4.69, 9.17) is 5.73 Å². The molecule has 0 bridgehead atoms. The zero-order valence-corrected chi connectivity index (χ0v) is 15.0. The van der Waals surface area contributed by atoms with Crippen molar-refractivity contribution in [1.29, 1.82) is 0 Å². The Balaban J connectivity index is 0.00000176. The van der Waals surface area contributed by atoms with Crippen LogP contribution in [0.5, 0.6) is 0 Å². The maximum Gasteiger partial charge on any atom is 0.263 e. The van der Waals surface area contributed by atoms with Gasteiger partial charge in [0.25, 0.3) is 5.91 Å². The number of rotatable bonds is 2. The molecule has 3 rings (SSSR count). The van der Waals surface area contributed by atoms with Crippen LogP contribution >= 0.6 is 23.7 Å². The van der Waals surface area contributed by atoms with Crippen molar-refractivity contribution in [3.8, 4) is 0 Å². The highest BCUT2D eigenvalue weighted by atomic mass is 35.5. The zero-order valence-electron chi connectivity index (χ0n) is 13.3. The lowest BCUT2D eigenvalue weighted by Gasteiger charge is -2.34. The first-order chi connectivity index (χ1) is 10.1. The van der Waals surface area contributed by atoms with Crippen LogP contribution in [-0.4, -0.2) is 29.9 Å². The molecule has 1 aliphatic carbocycles. The Morgan fingerprint density at radius 1 is 1.32 bits per heavy atom. The molecule has 2 atom stereocenters. The van der Waals surface area contributed by atoms with Crippen molar-refractivity contribution < 1.29 is 4.79 Å². The first kappa shape index (κ1) is 17.8. The molecule has 2 N–H and O–H groups in total. The molecule has 1 aromatic heterocycles. The van der Waals surface area contributed by atoms with E-state index in [0.717, 1.165) is 43.6 Å². The summed E-state index contributed by atoms with van der Waals surface area (Å²) in [6, 6.07) is 2.35. The molecule has 0 aromatic carbocycles. The second kappa shape index (κ2) is 7.80. The first-order valence-corrected chi connectivity index (χ1v) is 9.13. The molecule has 5 heteroatoms. The molecule has 0 saturated carbocycles. The minimum absolute atomic E-state index is 0. The molecular formula is C17H27ClN2OS. The molecule has 1 aromatic rings. The number of likely N-dealkylation sites (tertiary alicyclic amines) is 1. The van der Waals surface area contributed by atoms with Gasteiger partial charge in [-0.15, -0.1) is 23.7 Å². The third-order valence-electron chi connectivity index (χ3n) is 4.95. The van der Waals surface area contributed by atoms with E-state index in [9.17, 15) is 4.79 Å². The number of piperidine rings is 1. The van der Waals surface area contributed by atoms with Gasteiger partial charge in [-0.25, -0.2) is 0 Å². The third kappa shape index (κ3) is 3.84. The zero-order chi connectivity index (χ0) is 14.8. The summed E-state index contributed by atoms with van der Waals surface area (Å²) in [5.74, 6) is 0.693. The molecule has 1 fully saturated rings. The second-order valence-corrected chi connectivity index (χ2v) is 7.77. The van der Waals surface area contributed by atoms with Gasteiger partial charge in [0.2, 0.25) is 0 Å². The molecule has 22 heavy (non-hydrogen) atoms. The van der Waals surface area contributed by atoms with Gasteiger partial charge in [0.05, 0.1) is 4.88 Å². The monoisotopic (exact) mass is 342 g/mol. The minimum atomic E-state index is 0. The van der Waals surface area contributed by atoms with Gasteiger partial charge in [0, 0.05) is 24.0 Å². The molecule has 2 aliphatic rings. The predicted molar refractivity (Wildman–Crippen MR) is 95.1 cm³/mol. The number of carbonyl (C=O) groups is 1. The summed E-state index contributed by atoms with van der Waals surface area (Å²) >= 11 is 1.74. The van der Waals surface area contributed by atoms with Crippen molar-refractivity contribution >= 4 is 29.7 Å². The molecule has 2 heterocycles. The van der Waals surface area contributed by atoms with Crippen LogP contribution in [0.2, 0.25) is 0 Å². The summed E-state index contributed by atoms with van der Waals surface area (Å²) < 4.78 is 0. The molecule has 0 spiro atoms. The Morgan fingerprint density at radius 3 is 2.86 bits per heavy atom. The van der Waals surface area contributed by atoms with Crippen molar-refractivity contribution in [3.63, 3.8) is 0 Å². The van der Waals surface area contributed by atoms with E-state index in [-0.39, 0.29) is 24.4 Å². The molecule has 1 aliphatic heterocycles. The number of amides is 1. The molecule has 1 saturated heterocycles.